The van der Waals surface area contributed by atoms with E-state index in [-0.39, 0.29) is 11.6 Å². The van der Waals surface area contributed by atoms with Crippen molar-refractivity contribution in [2.24, 2.45) is 52.3 Å². The minimum Gasteiger partial charge on any atom is -0.341 e. The van der Waals surface area contributed by atoms with Crippen LogP contribution in [0.2, 0.25) is 0 Å². The highest BCUT2D eigenvalue weighted by Gasteiger charge is 2.52. The van der Waals surface area contributed by atoms with Crippen molar-refractivity contribution in [3.05, 3.63) is 58.3 Å². The Balaban J connectivity index is 0.781. The molecule has 0 N–H and O–H groups in total. The van der Waals surface area contributed by atoms with E-state index in [1.54, 1.807) is 77.0 Å². The van der Waals surface area contributed by atoms with Gasteiger partial charge in [-0.1, -0.05) is 29.8 Å². The van der Waals surface area contributed by atoms with Crippen molar-refractivity contribution in [3.8, 4) is 0 Å². The lowest BCUT2D eigenvalue weighted by molar-refractivity contribution is -0.115. The molecule has 9 aliphatic carbocycles. The van der Waals surface area contributed by atoms with Crippen LogP contribution in [0, 0.1) is 59.2 Å². The Labute approximate surface area is 350 Å². The third kappa shape index (κ3) is 7.69. The van der Waals surface area contributed by atoms with Gasteiger partial charge >= 0.3 is 0 Å². The van der Waals surface area contributed by atoms with E-state index in [1.807, 2.05) is 13.8 Å². The van der Waals surface area contributed by atoms with Gasteiger partial charge in [-0.25, -0.2) is 0 Å². The molecular weight excluding hydrogens is 711 g/mol. The second kappa shape index (κ2) is 15.8. The zero-order chi connectivity index (χ0) is 39.8. The number of rotatable bonds is 15. The summed E-state index contributed by atoms with van der Waals surface area (Å²) in [4.78, 5) is 32.7. The topological polar surface area (TPSA) is 45.6 Å². The number of Topliss-reactive ketones (excluding diaryl/α,β-unsaturated/α-hetero) is 2. The third-order valence-electron chi connectivity index (χ3n) is 18.5. The van der Waals surface area contributed by atoms with Crippen molar-refractivity contribution in [1.82, 2.24) is 14.4 Å². The number of carbonyl (C=O) groups excluding carboxylic acids is 2. The van der Waals surface area contributed by atoms with Gasteiger partial charge in [0, 0.05) is 54.1 Å². The summed E-state index contributed by atoms with van der Waals surface area (Å²) < 4.78 is 2.50. The Bertz CT molecular complexity index is 1830. The van der Waals surface area contributed by atoms with Crippen molar-refractivity contribution in [3.63, 3.8) is 0 Å². The molecule has 8 saturated carbocycles. The van der Waals surface area contributed by atoms with E-state index in [2.05, 4.69) is 58.6 Å². The molecule has 2 heterocycles. The van der Waals surface area contributed by atoms with Crippen molar-refractivity contribution >= 4 is 22.5 Å². The van der Waals surface area contributed by atoms with Crippen LogP contribution >= 0.6 is 0 Å². The number of allylic oxidation sites excluding steroid dienone is 4. The summed E-state index contributed by atoms with van der Waals surface area (Å²) in [6, 6.07) is 8.90. The van der Waals surface area contributed by atoms with Gasteiger partial charge < -0.3 is 14.4 Å². The highest BCUT2D eigenvalue weighted by molar-refractivity contribution is 6.10. The smallest absolute Gasteiger partial charge is 0.165 e. The minimum atomic E-state index is 0.171. The number of likely N-dealkylation sites (tertiary alicyclic amines) is 1. The van der Waals surface area contributed by atoms with E-state index in [4.69, 9.17) is 0 Å². The van der Waals surface area contributed by atoms with E-state index in [0.29, 0.717) is 42.1 Å². The fourth-order valence-electron chi connectivity index (χ4n) is 16.5. The van der Waals surface area contributed by atoms with Gasteiger partial charge in [0.15, 0.2) is 11.6 Å². The van der Waals surface area contributed by atoms with Crippen molar-refractivity contribution < 1.29 is 9.59 Å². The van der Waals surface area contributed by atoms with Gasteiger partial charge in [-0.05, 0) is 232 Å². The molecule has 8 bridgehead atoms. The number of hydrogen-bond donors (Lipinski definition) is 0. The van der Waals surface area contributed by atoms with E-state index in [1.165, 1.54) is 70.5 Å². The van der Waals surface area contributed by atoms with Gasteiger partial charge in [0.1, 0.15) is 0 Å². The lowest BCUT2D eigenvalue weighted by Crippen LogP contribution is -2.49. The standard InChI is InChI=1S/C53H75N3O2/c1-35-21-36(2)46(50(58)22-35)9-10-49(57)51-38(4)56(48-8-6-5-7-47(48)51)37(3)45-11-15-54(16-12-45)19-20-55(17-13-52-29-39-23-40(30-52)25-41(24-39)31-52)18-14-53-32-42-26-43(33-53)28-44(27-42)34-53/h5-8,21,37,39-45H,9-20,22-34H2,1-4H3/t37-,39?,40?,41?,42?,43?,44?,52?,53?/m0/s1. The Kier molecular flexibility index (Phi) is 10.8. The quantitative estimate of drug-likeness (QED) is 0.169. The first-order chi connectivity index (χ1) is 28.0. The predicted octanol–water partition coefficient (Wildman–Crippen LogP) is 11.9. The van der Waals surface area contributed by atoms with Gasteiger partial charge in [-0.2, -0.15) is 0 Å². The van der Waals surface area contributed by atoms with Crippen LogP contribution in [0.3, 0.4) is 0 Å². The summed E-state index contributed by atoms with van der Waals surface area (Å²) in [6.07, 6.45) is 27.6. The molecule has 10 aliphatic rings. The summed E-state index contributed by atoms with van der Waals surface area (Å²) in [7, 11) is 0. The normalized spacial score (nSPS) is 35.2. The van der Waals surface area contributed by atoms with E-state index in [0.717, 1.165) is 68.9 Å². The highest BCUT2D eigenvalue weighted by atomic mass is 16.1. The molecule has 5 nitrogen and oxygen atoms in total. The second-order valence-corrected chi connectivity index (χ2v) is 22.6. The maximum absolute atomic E-state index is 14.0. The average molecular weight is 786 g/mol. The number of hydrogen-bond acceptors (Lipinski definition) is 4. The van der Waals surface area contributed by atoms with Gasteiger partial charge in [-0.3, -0.25) is 9.59 Å². The predicted molar refractivity (Wildman–Crippen MR) is 237 cm³/mol. The largest absolute Gasteiger partial charge is 0.341 e. The molecule has 0 amide bonds. The summed E-state index contributed by atoms with van der Waals surface area (Å²) in [6.45, 7) is 16.2. The van der Waals surface area contributed by atoms with Crippen LogP contribution in [-0.2, 0) is 4.79 Å². The maximum atomic E-state index is 14.0. The van der Waals surface area contributed by atoms with Crippen LogP contribution < -0.4 is 0 Å². The number of carbonyl (C=O) groups is 2. The number of nitrogens with zero attached hydrogens (tertiary/aromatic N) is 3. The molecule has 1 aromatic heterocycles. The number of ketones is 2. The van der Waals surface area contributed by atoms with Gasteiger partial charge in [-0.15, -0.1) is 0 Å². The molecule has 0 radical (unpaired) electrons. The fourth-order valence-corrected chi connectivity index (χ4v) is 16.5. The van der Waals surface area contributed by atoms with E-state index < -0.39 is 0 Å². The summed E-state index contributed by atoms with van der Waals surface area (Å²) in [5, 5.41) is 1.08. The molecule has 1 aliphatic heterocycles. The molecule has 0 spiro atoms. The Morgan fingerprint density at radius 2 is 1.31 bits per heavy atom. The van der Waals surface area contributed by atoms with Crippen molar-refractivity contribution in [2.75, 3.05) is 39.3 Å². The maximum Gasteiger partial charge on any atom is 0.165 e. The lowest BCUT2D eigenvalue weighted by Gasteiger charge is -2.58. The SMILES string of the molecule is CC1=CC(C)=C(CCC(=O)c2c(C)n([C@@H](C)C3CCN(CCN(CCC45CC6CC(CC(C6)C4)C5)CCC45CC6CC(CC(C6)C4)C5)CC3)c3ccccc23)C(=O)C1. The third-order valence-corrected chi connectivity index (χ3v) is 18.5. The van der Waals surface area contributed by atoms with E-state index >= 15 is 0 Å². The number of aromatic nitrogens is 1. The molecule has 1 aromatic carbocycles. The zero-order valence-corrected chi connectivity index (χ0v) is 36.8. The molecule has 0 unspecified atom stereocenters. The summed E-state index contributed by atoms with van der Waals surface area (Å²) in [5.41, 5.74) is 7.50. The van der Waals surface area contributed by atoms with Gasteiger partial charge in [0.05, 0.1) is 0 Å². The first-order valence-electron chi connectivity index (χ1n) is 24.5. The van der Waals surface area contributed by atoms with Gasteiger partial charge in [0.25, 0.3) is 0 Å². The van der Waals surface area contributed by atoms with Crippen LogP contribution in [-0.4, -0.2) is 65.2 Å². The van der Waals surface area contributed by atoms with E-state index in [9.17, 15) is 9.59 Å². The molecule has 2 aromatic rings. The van der Waals surface area contributed by atoms with Crippen LogP contribution in [0.1, 0.15) is 165 Å². The van der Waals surface area contributed by atoms with Gasteiger partial charge in [0.2, 0.25) is 0 Å². The number of fused-ring (bicyclic) bond motifs is 1. The Hall–Kier alpha value is -2.50. The van der Waals surface area contributed by atoms with Crippen LogP contribution in [0.25, 0.3) is 10.9 Å². The lowest BCUT2D eigenvalue weighted by atomic mass is 9.48. The monoisotopic (exact) mass is 786 g/mol. The Morgan fingerprint density at radius 1 is 0.776 bits per heavy atom. The molecule has 9 fully saturated rings. The molecule has 1 saturated heterocycles. The van der Waals surface area contributed by atoms with Crippen molar-refractivity contribution in [2.45, 2.75) is 156 Å². The number of para-hydroxylation sites is 1. The van der Waals surface area contributed by atoms with Crippen LogP contribution in [0.4, 0.5) is 0 Å². The molecule has 1 atom stereocenters. The fraction of sp³-hybridized carbons (Fsp3) is 0.736. The Morgan fingerprint density at radius 3 is 1.84 bits per heavy atom. The number of piperidine rings is 1. The van der Waals surface area contributed by atoms with Crippen LogP contribution in [0.15, 0.2) is 47.1 Å². The molecular formula is C53H75N3O2. The summed E-state index contributed by atoms with van der Waals surface area (Å²) in [5.74, 6) is 7.28. The minimum absolute atomic E-state index is 0.171. The zero-order valence-electron chi connectivity index (χ0n) is 36.8. The number of benzene rings is 1. The highest BCUT2D eigenvalue weighted by Crippen LogP contribution is 2.63. The van der Waals surface area contributed by atoms with Crippen molar-refractivity contribution in [1.29, 1.82) is 0 Å². The summed E-state index contributed by atoms with van der Waals surface area (Å²) >= 11 is 0. The molecule has 58 heavy (non-hydrogen) atoms. The molecule has 314 valence electrons. The molecule has 12 rings (SSSR count). The average Bonchev–Trinajstić information content (AvgIpc) is 3.47. The van der Waals surface area contributed by atoms with Crippen LogP contribution in [0.5, 0.6) is 0 Å². The molecule has 5 heteroatoms. The first-order valence-corrected chi connectivity index (χ1v) is 24.5. The second-order valence-electron chi connectivity index (χ2n) is 22.6. The first kappa shape index (κ1) is 39.6.